The number of nitriles is 1. The number of hydrogen-bond acceptors (Lipinski definition) is 6. The topological polar surface area (TPSA) is 141 Å². The van der Waals surface area contributed by atoms with Gasteiger partial charge in [0.1, 0.15) is 23.5 Å². The van der Waals surface area contributed by atoms with Crippen LogP contribution in [0.1, 0.15) is 85.5 Å². The van der Waals surface area contributed by atoms with Crippen molar-refractivity contribution in [1.82, 2.24) is 20.9 Å². The molecular formula is C31H44F3N5O5. The van der Waals surface area contributed by atoms with Crippen LogP contribution in [-0.2, 0) is 23.9 Å². The molecule has 4 amide bonds. The molecule has 5 aliphatic rings. The molecule has 7 unspecified atom stereocenters. The predicted molar refractivity (Wildman–Crippen MR) is 151 cm³/mol. The summed E-state index contributed by atoms with van der Waals surface area (Å²) >= 11 is 0. The lowest BCUT2D eigenvalue weighted by atomic mass is 9.67. The van der Waals surface area contributed by atoms with Gasteiger partial charge in [0, 0.05) is 19.0 Å². The third-order valence-corrected chi connectivity index (χ3v) is 11.2. The number of carbonyl (C=O) groups is 4. The van der Waals surface area contributed by atoms with Crippen molar-refractivity contribution in [2.75, 3.05) is 13.1 Å². The molecule has 3 aliphatic carbocycles. The maximum atomic E-state index is 14.3. The van der Waals surface area contributed by atoms with Gasteiger partial charge < -0.3 is 25.6 Å². The highest BCUT2D eigenvalue weighted by molar-refractivity contribution is 5.95. The molecule has 244 valence electrons. The largest absolute Gasteiger partial charge is 0.403 e. The smallest absolute Gasteiger partial charge is 0.370 e. The van der Waals surface area contributed by atoms with Crippen molar-refractivity contribution in [2.45, 2.75) is 121 Å². The average Bonchev–Trinajstić information content (AvgIpc) is 3.22. The molecule has 2 aliphatic heterocycles. The van der Waals surface area contributed by atoms with Gasteiger partial charge in [-0.05, 0) is 82.5 Å². The molecule has 10 nitrogen and oxygen atoms in total. The standard InChI is InChI=1S/C31H44F3N5O5/c1-17(44-29(4)9-6-10-29)22(38-27(43)30(11-7-12-30)31(32,33)34)26(42)39-16-20-21(28(20,2)3)23(39)25(41)37-19(15-35)14-18-8-5-13-36-24(18)40/h17-23H,5-14,16H2,1-4H3,(H,36,40)(H,37,41)(H,38,43). The van der Waals surface area contributed by atoms with Crippen molar-refractivity contribution in [3.8, 4) is 6.07 Å². The number of hydrogen-bond donors (Lipinski definition) is 3. The van der Waals surface area contributed by atoms with E-state index >= 15 is 0 Å². The van der Waals surface area contributed by atoms with E-state index in [0.29, 0.717) is 13.0 Å². The maximum absolute atomic E-state index is 14.3. The number of halogens is 3. The van der Waals surface area contributed by atoms with Gasteiger partial charge in [0.15, 0.2) is 0 Å². The van der Waals surface area contributed by atoms with Crippen LogP contribution in [0.3, 0.4) is 0 Å². The Hall–Kier alpha value is -2.88. The van der Waals surface area contributed by atoms with Gasteiger partial charge in [-0.25, -0.2) is 0 Å². The van der Waals surface area contributed by atoms with Crippen LogP contribution >= 0.6 is 0 Å². The number of alkyl halides is 3. The molecule has 0 spiro atoms. The summed E-state index contributed by atoms with van der Waals surface area (Å²) in [5.41, 5.74) is -3.38. The molecule has 7 atom stereocenters. The molecule has 2 saturated heterocycles. The quantitative estimate of drug-likeness (QED) is 0.342. The van der Waals surface area contributed by atoms with Crippen LogP contribution in [0.15, 0.2) is 0 Å². The second-order valence-electron chi connectivity index (χ2n) is 14.5. The monoisotopic (exact) mass is 623 g/mol. The highest BCUT2D eigenvalue weighted by atomic mass is 19.4. The van der Waals surface area contributed by atoms with Crippen molar-refractivity contribution in [1.29, 1.82) is 5.26 Å². The summed E-state index contributed by atoms with van der Waals surface area (Å²) in [5, 5.41) is 17.8. The van der Waals surface area contributed by atoms with Gasteiger partial charge in [0.25, 0.3) is 0 Å². The van der Waals surface area contributed by atoms with Crippen molar-refractivity contribution in [3.63, 3.8) is 0 Å². The Morgan fingerprint density at radius 1 is 1.11 bits per heavy atom. The lowest BCUT2D eigenvalue weighted by molar-refractivity contribution is -0.244. The van der Waals surface area contributed by atoms with Crippen molar-refractivity contribution in [3.05, 3.63) is 0 Å². The van der Waals surface area contributed by atoms with E-state index in [1.54, 1.807) is 6.92 Å². The predicted octanol–water partition coefficient (Wildman–Crippen LogP) is 2.96. The summed E-state index contributed by atoms with van der Waals surface area (Å²) in [6, 6.07) is -1.31. The van der Waals surface area contributed by atoms with Crippen molar-refractivity contribution < 1.29 is 37.1 Å². The molecule has 0 aromatic carbocycles. The third kappa shape index (κ3) is 5.67. The van der Waals surface area contributed by atoms with Gasteiger partial charge >= 0.3 is 6.18 Å². The fraction of sp³-hybridized carbons (Fsp3) is 0.839. The highest BCUT2D eigenvalue weighted by Crippen LogP contribution is 2.65. The van der Waals surface area contributed by atoms with Crippen LogP contribution in [0.4, 0.5) is 13.2 Å². The Balaban J connectivity index is 1.37. The first kappa shape index (κ1) is 32.5. The van der Waals surface area contributed by atoms with Gasteiger partial charge in [0.05, 0.1) is 17.8 Å². The molecule has 0 aromatic heterocycles. The van der Waals surface area contributed by atoms with E-state index in [9.17, 15) is 37.6 Å². The van der Waals surface area contributed by atoms with Crippen LogP contribution < -0.4 is 16.0 Å². The summed E-state index contributed by atoms with van der Waals surface area (Å²) in [6.07, 6.45) is -2.30. The Morgan fingerprint density at radius 2 is 1.77 bits per heavy atom. The molecule has 2 heterocycles. The Labute approximate surface area is 256 Å². The van der Waals surface area contributed by atoms with Crippen LogP contribution in [-0.4, -0.2) is 77.6 Å². The van der Waals surface area contributed by atoms with Crippen LogP contribution in [0.25, 0.3) is 0 Å². The van der Waals surface area contributed by atoms with Gasteiger partial charge in [0.2, 0.25) is 23.6 Å². The van der Waals surface area contributed by atoms with Gasteiger partial charge in [-0.3, -0.25) is 19.2 Å². The second kappa shape index (κ2) is 11.5. The Bertz CT molecular complexity index is 1220. The van der Waals surface area contributed by atoms with Gasteiger partial charge in [-0.1, -0.05) is 20.3 Å². The minimum atomic E-state index is -4.77. The normalized spacial score (nSPS) is 31.5. The van der Waals surface area contributed by atoms with Crippen LogP contribution in [0.5, 0.6) is 0 Å². The summed E-state index contributed by atoms with van der Waals surface area (Å²) in [4.78, 5) is 55.0. The zero-order valence-corrected chi connectivity index (χ0v) is 25.9. The number of ether oxygens (including phenoxy) is 1. The number of nitrogens with one attached hydrogen (secondary N) is 3. The molecule has 0 aromatic rings. The summed E-state index contributed by atoms with van der Waals surface area (Å²) in [5.74, 6) is -3.31. The fourth-order valence-corrected chi connectivity index (χ4v) is 7.88. The first-order valence-corrected chi connectivity index (χ1v) is 15.9. The Morgan fingerprint density at radius 3 is 2.30 bits per heavy atom. The first-order valence-electron chi connectivity index (χ1n) is 15.9. The van der Waals surface area contributed by atoms with E-state index in [-0.39, 0.29) is 55.4 Å². The molecule has 5 rings (SSSR count). The van der Waals surface area contributed by atoms with E-state index in [1.165, 1.54) is 4.90 Å². The summed E-state index contributed by atoms with van der Waals surface area (Å²) in [6.45, 7) is 8.19. The van der Waals surface area contributed by atoms with Crippen molar-refractivity contribution in [2.24, 2.45) is 28.6 Å². The highest BCUT2D eigenvalue weighted by Gasteiger charge is 2.70. The van der Waals surface area contributed by atoms with Gasteiger partial charge in [-0.2, -0.15) is 18.4 Å². The van der Waals surface area contributed by atoms with Crippen LogP contribution in [0.2, 0.25) is 0 Å². The van der Waals surface area contributed by atoms with E-state index < -0.39 is 65.1 Å². The Kier molecular flexibility index (Phi) is 8.49. The zero-order chi connectivity index (χ0) is 32.2. The number of amides is 4. The molecule has 44 heavy (non-hydrogen) atoms. The third-order valence-electron chi connectivity index (χ3n) is 11.2. The number of carbonyl (C=O) groups excluding carboxylic acids is 4. The van der Waals surface area contributed by atoms with Crippen molar-refractivity contribution >= 4 is 23.6 Å². The number of likely N-dealkylation sites (tertiary alicyclic amines) is 1. The van der Waals surface area contributed by atoms with Gasteiger partial charge in [-0.15, -0.1) is 0 Å². The molecule has 3 saturated carbocycles. The molecule has 0 radical (unpaired) electrons. The summed E-state index contributed by atoms with van der Waals surface area (Å²) in [7, 11) is 0. The second-order valence-corrected chi connectivity index (χ2v) is 14.5. The average molecular weight is 624 g/mol. The van der Waals surface area contributed by atoms with Crippen LogP contribution in [0, 0.1) is 39.9 Å². The fourth-order valence-electron chi connectivity index (χ4n) is 7.88. The molecule has 13 heteroatoms. The first-order chi connectivity index (χ1) is 20.5. The van der Waals surface area contributed by atoms with E-state index in [0.717, 1.165) is 25.7 Å². The lowest BCUT2D eigenvalue weighted by Gasteiger charge is -2.45. The number of rotatable bonds is 10. The van der Waals surface area contributed by atoms with E-state index in [4.69, 9.17) is 4.74 Å². The maximum Gasteiger partial charge on any atom is 0.403 e. The molecule has 0 bridgehead atoms. The summed E-state index contributed by atoms with van der Waals surface area (Å²) < 4.78 is 48.4. The number of nitrogens with zero attached hydrogens (tertiary/aromatic N) is 2. The minimum Gasteiger partial charge on any atom is -0.370 e. The molecule has 5 fully saturated rings. The number of piperidine rings is 2. The molecule has 3 N–H and O–H groups in total. The zero-order valence-electron chi connectivity index (χ0n) is 25.9. The van der Waals surface area contributed by atoms with E-state index in [1.807, 2.05) is 20.8 Å². The molecular weight excluding hydrogens is 579 g/mol. The van der Waals surface area contributed by atoms with E-state index in [2.05, 4.69) is 22.0 Å². The number of fused-ring (bicyclic) bond motifs is 1. The minimum absolute atomic E-state index is 0.0308. The SMILES string of the molecule is CC(OC1(C)CCC1)C(NC(=O)C1(C(F)(F)F)CCC1)C(=O)N1CC2C(C1C(=O)NC(C#N)CC1CCCNC1=O)C2(C)C. The lowest BCUT2D eigenvalue weighted by Crippen LogP contribution is -2.64.